The van der Waals surface area contributed by atoms with Gasteiger partial charge < -0.3 is 16.3 Å². The highest BCUT2D eigenvalue weighted by Crippen LogP contribution is 2.03. The standard InChI is InChI=1S/C8H17N3O2S/c1-8(2,7(9)11-13)10-6(12)4-5-14-3/h13H,4-5H2,1-3H3,(H2,9,11)(H,10,12). The summed E-state index contributed by atoms with van der Waals surface area (Å²) in [4.78, 5) is 11.3. The number of rotatable bonds is 5. The molecule has 0 aromatic heterocycles. The van der Waals surface area contributed by atoms with Gasteiger partial charge in [0.05, 0.1) is 5.54 Å². The molecular weight excluding hydrogens is 202 g/mol. The van der Waals surface area contributed by atoms with Crippen molar-refractivity contribution in [3.05, 3.63) is 0 Å². The van der Waals surface area contributed by atoms with E-state index in [4.69, 9.17) is 10.9 Å². The Hall–Kier alpha value is -0.910. The number of thioether (sulfide) groups is 1. The summed E-state index contributed by atoms with van der Waals surface area (Å²) in [6.07, 6.45) is 2.37. The van der Waals surface area contributed by atoms with Crippen molar-refractivity contribution in [3.63, 3.8) is 0 Å². The summed E-state index contributed by atoms with van der Waals surface area (Å²) in [5.74, 6) is 0.656. The van der Waals surface area contributed by atoms with Gasteiger partial charge in [0.1, 0.15) is 0 Å². The zero-order valence-electron chi connectivity index (χ0n) is 8.70. The SMILES string of the molecule is CSCCC(=O)NC(C)(C)C(N)=NO. The van der Waals surface area contributed by atoms with Crippen molar-refractivity contribution in [2.24, 2.45) is 10.9 Å². The molecule has 6 heteroatoms. The van der Waals surface area contributed by atoms with Crippen LogP contribution in [0.15, 0.2) is 5.16 Å². The number of amides is 1. The lowest BCUT2D eigenvalue weighted by molar-refractivity contribution is -0.121. The lowest BCUT2D eigenvalue weighted by Gasteiger charge is -2.24. The van der Waals surface area contributed by atoms with Gasteiger partial charge in [-0.15, -0.1) is 0 Å². The van der Waals surface area contributed by atoms with Crippen LogP contribution in [0.1, 0.15) is 20.3 Å². The van der Waals surface area contributed by atoms with Crippen LogP contribution in [0.3, 0.4) is 0 Å². The van der Waals surface area contributed by atoms with Crippen molar-refractivity contribution in [1.82, 2.24) is 5.32 Å². The molecule has 0 heterocycles. The molecule has 0 aromatic rings. The molecule has 14 heavy (non-hydrogen) atoms. The number of amidine groups is 1. The third-order valence-corrected chi connectivity index (χ3v) is 2.35. The summed E-state index contributed by atoms with van der Waals surface area (Å²) in [5.41, 5.74) is 4.61. The second kappa shape index (κ2) is 5.74. The summed E-state index contributed by atoms with van der Waals surface area (Å²) in [5, 5.41) is 14.0. The van der Waals surface area contributed by atoms with Crippen molar-refractivity contribution >= 4 is 23.5 Å². The third-order valence-electron chi connectivity index (χ3n) is 1.73. The van der Waals surface area contributed by atoms with Crippen LogP contribution in [-0.4, -0.2) is 34.5 Å². The van der Waals surface area contributed by atoms with E-state index in [1.807, 2.05) is 6.26 Å². The highest BCUT2D eigenvalue weighted by Gasteiger charge is 2.25. The molecule has 5 nitrogen and oxygen atoms in total. The van der Waals surface area contributed by atoms with Crippen LogP contribution in [0.5, 0.6) is 0 Å². The number of nitrogens with two attached hydrogens (primary N) is 1. The molecular formula is C8H17N3O2S. The number of carbonyl (C=O) groups is 1. The van der Waals surface area contributed by atoms with Crippen molar-refractivity contribution in [2.75, 3.05) is 12.0 Å². The van der Waals surface area contributed by atoms with E-state index >= 15 is 0 Å². The second-order valence-electron chi connectivity index (χ2n) is 3.40. The van der Waals surface area contributed by atoms with Crippen LogP contribution in [0.2, 0.25) is 0 Å². The van der Waals surface area contributed by atoms with Gasteiger partial charge in [0.2, 0.25) is 5.91 Å². The van der Waals surface area contributed by atoms with Gasteiger partial charge in [0, 0.05) is 12.2 Å². The first kappa shape index (κ1) is 13.1. The van der Waals surface area contributed by atoms with Crippen molar-refractivity contribution < 1.29 is 10.0 Å². The molecule has 0 saturated heterocycles. The number of oxime groups is 1. The second-order valence-corrected chi connectivity index (χ2v) is 4.39. The monoisotopic (exact) mass is 219 g/mol. The van der Waals surface area contributed by atoms with E-state index in [0.29, 0.717) is 6.42 Å². The van der Waals surface area contributed by atoms with Gasteiger partial charge in [-0.25, -0.2) is 0 Å². The van der Waals surface area contributed by atoms with E-state index in [0.717, 1.165) is 5.75 Å². The first-order valence-electron chi connectivity index (χ1n) is 4.22. The molecule has 0 spiro atoms. The molecule has 82 valence electrons. The fourth-order valence-electron chi connectivity index (χ4n) is 0.795. The largest absolute Gasteiger partial charge is 0.409 e. The normalized spacial score (nSPS) is 12.6. The molecule has 0 rings (SSSR count). The average Bonchev–Trinajstić information content (AvgIpc) is 2.12. The number of nitrogens with one attached hydrogen (secondary N) is 1. The average molecular weight is 219 g/mol. The van der Waals surface area contributed by atoms with Crippen LogP contribution in [-0.2, 0) is 4.79 Å². The van der Waals surface area contributed by atoms with E-state index < -0.39 is 5.54 Å². The fraction of sp³-hybridized carbons (Fsp3) is 0.750. The molecule has 0 radical (unpaired) electrons. The molecule has 1 amide bonds. The molecule has 4 N–H and O–H groups in total. The summed E-state index contributed by atoms with van der Waals surface area (Å²) >= 11 is 1.60. The van der Waals surface area contributed by atoms with Gasteiger partial charge >= 0.3 is 0 Å². The maximum Gasteiger partial charge on any atom is 0.221 e. The molecule has 0 aliphatic rings. The molecule has 0 aliphatic carbocycles. The predicted octanol–water partition coefficient (Wildman–Crippen LogP) is 0.381. The third kappa shape index (κ3) is 4.36. The molecule has 0 saturated carbocycles. The maximum absolute atomic E-state index is 11.3. The summed E-state index contributed by atoms with van der Waals surface area (Å²) < 4.78 is 0. The van der Waals surface area contributed by atoms with E-state index in [-0.39, 0.29) is 11.7 Å². The predicted molar refractivity (Wildman–Crippen MR) is 58.6 cm³/mol. The first-order valence-corrected chi connectivity index (χ1v) is 5.61. The fourth-order valence-corrected chi connectivity index (χ4v) is 1.18. The quantitative estimate of drug-likeness (QED) is 0.270. The van der Waals surface area contributed by atoms with Crippen molar-refractivity contribution in [2.45, 2.75) is 25.8 Å². The topological polar surface area (TPSA) is 87.7 Å². The Kier molecular flexibility index (Phi) is 5.37. The first-order chi connectivity index (χ1) is 6.44. The summed E-state index contributed by atoms with van der Waals surface area (Å²) in [6, 6.07) is 0. The van der Waals surface area contributed by atoms with Gasteiger partial charge in [0.15, 0.2) is 5.84 Å². The van der Waals surface area contributed by atoms with Crippen LogP contribution in [0.4, 0.5) is 0 Å². The minimum absolute atomic E-state index is 0.00463. The van der Waals surface area contributed by atoms with E-state index in [1.54, 1.807) is 25.6 Å². The number of hydrogen-bond acceptors (Lipinski definition) is 4. The molecule has 0 aliphatic heterocycles. The number of hydrogen-bond donors (Lipinski definition) is 3. The van der Waals surface area contributed by atoms with Crippen LogP contribution >= 0.6 is 11.8 Å². The molecule has 0 aromatic carbocycles. The van der Waals surface area contributed by atoms with Crippen molar-refractivity contribution in [3.8, 4) is 0 Å². The highest BCUT2D eigenvalue weighted by atomic mass is 32.2. The Morgan fingerprint density at radius 1 is 1.64 bits per heavy atom. The van der Waals surface area contributed by atoms with Crippen molar-refractivity contribution in [1.29, 1.82) is 0 Å². The molecule has 0 fully saturated rings. The van der Waals surface area contributed by atoms with Gasteiger partial charge in [-0.2, -0.15) is 11.8 Å². The highest BCUT2D eigenvalue weighted by molar-refractivity contribution is 7.98. The zero-order chi connectivity index (χ0) is 11.2. The Balaban J connectivity index is 4.15. The molecule has 0 unspecified atom stereocenters. The minimum Gasteiger partial charge on any atom is -0.409 e. The zero-order valence-corrected chi connectivity index (χ0v) is 9.52. The van der Waals surface area contributed by atoms with Gasteiger partial charge in [-0.1, -0.05) is 5.16 Å². The van der Waals surface area contributed by atoms with Gasteiger partial charge in [0.25, 0.3) is 0 Å². The van der Waals surface area contributed by atoms with Crippen LogP contribution < -0.4 is 11.1 Å². The summed E-state index contributed by atoms with van der Waals surface area (Å²) in [6.45, 7) is 3.36. The maximum atomic E-state index is 11.3. The Bertz CT molecular complexity index is 229. The van der Waals surface area contributed by atoms with Gasteiger partial charge in [-0.3, -0.25) is 4.79 Å². The van der Waals surface area contributed by atoms with Crippen LogP contribution in [0.25, 0.3) is 0 Å². The summed E-state index contributed by atoms with van der Waals surface area (Å²) in [7, 11) is 0. The minimum atomic E-state index is -0.801. The van der Waals surface area contributed by atoms with E-state index in [9.17, 15) is 4.79 Å². The van der Waals surface area contributed by atoms with E-state index in [2.05, 4.69) is 10.5 Å². The Labute approximate surface area is 88.1 Å². The number of carbonyl (C=O) groups excluding carboxylic acids is 1. The lowest BCUT2D eigenvalue weighted by Crippen LogP contribution is -2.53. The number of nitrogens with zero attached hydrogens (tertiary/aromatic N) is 1. The Morgan fingerprint density at radius 3 is 2.64 bits per heavy atom. The molecule has 0 atom stereocenters. The Morgan fingerprint density at radius 2 is 2.21 bits per heavy atom. The smallest absolute Gasteiger partial charge is 0.221 e. The lowest BCUT2D eigenvalue weighted by atomic mass is 10.0. The van der Waals surface area contributed by atoms with Crippen LogP contribution in [0, 0.1) is 0 Å². The van der Waals surface area contributed by atoms with Gasteiger partial charge in [-0.05, 0) is 20.1 Å². The van der Waals surface area contributed by atoms with E-state index in [1.165, 1.54) is 0 Å². The molecule has 0 bridgehead atoms.